The fourth-order valence-electron chi connectivity index (χ4n) is 8.99. The molecule has 0 bridgehead atoms. The van der Waals surface area contributed by atoms with Crippen LogP contribution in [-0.4, -0.2) is 108 Å². The van der Waals surface area contributed by atoms with Crippen LogP contribution in [0.25, 0.3) is 0 Å². The standard InChI is InChI=1S/C42H53N5O6/c1-31-26-34(27-32(2)39(31)52-29-33-8-4-3-5-9-33)30-53-41(50)47-20-15-37(46-19-12-35-10-6-7-11-38(35)43-40(46)49)28-42(47,16-23-48)45-17-13-36(14-18-45)44-21-24-51-25-22-44/h3-11,23,26-27,36-37H,12-22,24-25,28-30H2,1-2H3,(H,43,49). The average molecular weight is 724 g/mol. The number of urea groups is 1. The van der Waals surface area contributed by atoms with Crippen LogP contribution < -0.4 is 10.1 Å². The van der Waals surface area contributed by atoms with E-state index in [1.54, 1.807) is 4.90 Å². The molecule has 3 saturated heterocycles. The highest BCUT2D eigenvalue weighted by Crippen LogP contribution is 2.40. The third-order valence-corrected chi connectivity index (χ3v) is 11.7. The monoisotopic (exact) mass is 723 g/mol. The van der Waals surface area contributed by atoms with Gasteiger partial charge in [-0.3, -0.25) is 14.7 Å². The summed E-state index contributed by atoms with van der Waals surface area (Å²) < 4.78 is 17.9. The van der Waals surface area contributed by atoms with Gasteiger partial charge in [-0.2, -0.15) is 0 Å². The maximum atomic E-state index is 14.3. The summed E-state index contributed by atoms with van der Waals surface area (Å²) in [5.74, 6) is 0.831. The predicted octanol–water partition coefficient (Wildman–Crippen LogP) is 6.16. The van der Waals surface area contributed by atoms with Crippen LogP contribution in [0.2, 0.25) is 0 Å². The zero-order chi connectivity index (χ0) is 36.8. The second-order valence-corrected chi connectivity index (χ2v) is 14.9. The molecule has 53 heavy (non-hydrogen) atoms. The molecule has 0 aromatic heterocycles. The van der Waals surface area contributed by atoms with Crippen molar-refractivity contribution in [1.82, 2.24) is 19.6 Å². The highest BCUT2D eigenvalue weighted by atomic mass is 16.6. The Hall–Kier alpha value is -4.45. The van der Waals surface area contributed by atoms with Gasteiger partial charge in [-0.25, -0.2) is 9.59 Å². The number of para-hydroxylation sites is 1. The molecule has 3 fully saturated rings. The number of hydrogen-bond acceptors (Lipinski definition) is 8. The van der Waals surface area contributed by atoms with Crippen molar-refractivity contribution in [1.29, 1.82) is 0 Å². The molecule has 2 unspecified atom stereocenters. The van der Waals surface area contributed by atoms with Crippen LogP contribution in [0.4, 0.5) is 15.3 Å². The van der Waals surface area contributed by atoms with Gasteiger partial charge >= 0.3 is 12.1 Å². The molecular weight excluding hydrogens is 670 g/mol. The Morgan fingerprint density at radius 3 is 2.30 bits per heavy atom. The van der Waals surface area contributed by atoms with Crippen LogP contribution in [0, 0.1) is 13.8 Å². The number of anilines is 1. The Morgan fingerprint density at radius 2 is 1.57 bits per heavy atom. The van der Waals surface area contributed by atoms with E-state index < -0.39 is 11.8 Å². The van der Waals surface area contributed by atoms with E-state index in [2.05, 4.69) is 21.2 Å². The molecule has 4 heterocycles. The van der Waals surface area contributed by atoms with Crippen LogP contribution in [0.1, 0.15) is 59.9 Å². The maximum Gasteiger partial charge on any atom is 0.411 e. The molecule has 4 aliphatic rings. The summed E-state index contributed by atoms with van der Waals surface area (Å²) in [5, 5.41) is 3.13. The fraction of sp³-hybridized carbons (Fsp3) is 0.500. The quantitative estimate of drug-likeness (QED) is 0.249. The van der Waals surface area contributed by atoms with E-state index in [9.17, 15) is 14.4 Å². The van der Waals surface area contributed by atoms with Gasteiger partial charge in [0.25, 0.3) is 0 Å². The van der Waals surface area contributed by atoms with Crippen LogP contribution in [0.3, 0.4) is 0 Å². The molecular formula is C42H53N5O6. The number of likely N-dealkylation sites (tertiary alicyclic amines) is 2. The number of benzene rings is 3. The minimum Gasteiger partial charge on any atom is -0.488 e. The lowest BCUT2D eigenvalue weighted by molar-refractivity contribution is -0.129. The SMILES string of the molecule is Cc1cc(COC(=O)N2CCC(N3CCc4ccccc4NC3=O)CC2(CC=O)N2CCC(N3CCOCC3)CC2)cc(C)c1OCc1ccccc1. The van der Waals surface area contributed by atoms with Crippen molar-refractivity contribution >= 4 is 24.1 Å². The molecule has 0 saturated carbocycles. The van der Waals surface area contributed by atoms with Crippen molar-refractivity contribution in [2.75, 3.05) is 57.8 Å². The highest BCUT2D eigenvalue weighted by molar-refractivity contribution is 5.91. The molecule has 4 aliphatic heterocycles. The van der Waals surface area contributed by atoms with E-state index in [-0.39, 0.29) is 25.1 Å². The molecule has 7 rings (SSSR count). The van der Waals surface area contributed by atoms with Gasteiger partial charge in [0.2, 0.25) is 0 Å². The summed E-state index contributed by atoms with van der Waals surface area (Å²) in [7, 11) is 0. The first-order valence-corrected chi connectivity index (χ1v) is 19.2. The third kappa shape index (κ3) is 8.22. The molecule has 3 aromatic carbocycles. The second kappa shape index (κ2) is 16.7. The Balaban J connectivity index is 1.09. The zero-order valence-electron chi connectivity index (χ0n) is 31.1. The summed E-state index contributed by atoms with van der Waals surface area (Å²) in [5.41, 5.74) is 4.95. The molecule has 3 aromatic rings. The number of aldehydes is 1. The van der Waals surface area contributed by atoms with E-state index >= 15 is 0 Å². The molecule has 1 N–H and O–H groups in total. The number of ether oxygens (including phenoxy) is 3. The topological polar surface area (TPSA) is 104 Å². The number of piperidine rings is 2. The normalized spacial score (nSPS) is 23.1. The molecule has 11 nitrogen and oxygen atoms in total. The second-order valence-electron chi connectivity index (χ2n) is 14.9. The van der Waals surface area contributed by atoms with Gasteiger partial charge in [-0.05, 0) is 85.5 Å². The van der Waals surface area contributed by atoms with Crippen molar-refractivity contribution in [3.05, 3.63) is 94.5 Å². The Morgan fingerprint density at radius 1 is 0.868 bits per heavy atom. The summed E-state index contributed by atoms with van der Waals surface area (Å²) in [6, 6.07) is 22.2. The Kier molecular flexibility index (Phi) is 11.6. The third-order valence-electron chi connectivity index (χ3n) is 11.7. The van der Waals surface area contributed by atoms with Crippen LogP contribution >= 0.6 is 0 Å². The molecule has 0 radical (unpaired) electrons. The van der Waals surface area contributed by atoms with Crippen molar-refractivity contribution in [3.8, 4) is 5.75 Å². The van der Waals surface area contributed by atoms with E-state index in [1.165, 1.54) is 0 Å². The summed E-state index contributed by atoms with van der Waals surface area (Å²) >= 11 is 0. The van der Waals surface area contributed by atoms with E-state index in [0.29, 0.717) is 38.6 Å². The lowest BCUT2D eigenvalue weighted by atomic mass is 9.84. The van der Waals surface area contributed by atoms with Crippen LogP contribution in [-0.2, 0) is 33.9 Å². The van der Waals surface area contributed by atoms with Crippen molar-refractivity contribution in [3.63, 3.8) is 0 Å². The number of carbonyl (C=O) groups excluding carboxylic acids is 3. The molecule has 282 valence electrons. The number of hydrogen-bond donors (Lipinski definition) is 1. The first-order chi connectivity index (χ1) is 25.8. The van der Waals surface area contributed by atoms with Gasteiger partial charge in [0.15, 0.2) is 0 Å². The van der Waals surface area contributed by atoms with Crippen LogP contribution in [0.5, 0.6) is 5.75 Å². The number of nitrogens with one attached hydrogen (secondary N) is 1. The zero-order valence-corrected chi connectivity index (χ0v) is 31.1. The van der Waals surface area contributed by atoms with E-state index in [4.69, 9.17) is 14.2 Å². The minimum atomic E-state index is -0.919. The summed E-state index contributed by atoms with van der Waals surface area (Å²) in [6.45, 7) is 10.4. The number of nitrogens with zero attached hydrogens (tertiary/aromatic N) is 4. The molecule has 0 aliphatic carbocycles. The molecule has 3 amide bonds. The number of aryl methyl sites for hydroxylation is 2. The van der Waals surface area contributed by atoms with Gasteiger partial charge < -0.3 is 29.2 Å². The Labute approximate surface area is 313 Å². The van der Waals surface area contributed by atoms with Gasteiger partial charge in [-0.1, -0.05) is 48.5 Å². The van der Waals surface area contributed by atoms with Gasteiger partial charge in [0.05, 0.1) is 13.2 Å². The number of morpholine rings is 1. The van der Waals surface area contributed by atoms with Gasteiger partial charge in [0.1, 0.15) is 30.9 Å². The number of amides is 3. The predicted molar refractivity (Wildman–Crippen MR) is 203 cm³/mol. The number of fused-ring (bicyclic) bond motifs is 1. The van der Waals surface area contributed by atoms with Crippen LogP contribution in [0.15, 0.2) is 66.7 Å². The first-order valence-electron chi connectivity index (χ1n) is 19.2. The number of rotatable bonds is 10. The maximum absolute atomic E-state index is 14.3. The molecule has 0 spiro atoms. The highest BCUT2D eigenvalue weighted by Gasteiger charge is 2.52. The summed E-state index contributed by atoms with van der Waals surface area (Å²) in [4.78, 5) is 49.2. The lowest BCUT2D eigenvalue weighted by Gasteiger charge is -2.57. The average Bonchev–Trinajstić information content (AvgIpc) is 3.35. The first kappa shape index (κ1) is 36.9. The Bertz CT molecular complexity index is 1720. The van der Waals surface area contributed by atoms with E-state index in [1.807, 2.05) is 79.4 Å². The van der Waals surface area contributed by atoms with Crippen molar-refractivity contribution < 1.29 is 28.6 Å². The summed E-state index contributed by atoms with van der Waals surface area (Å²) in [6.07, 6.45) is 4.31. The molecule has 11 heteroatoms. The van der Waals surface area contributed by atoms with Crippen molar-refractivity contribution in [2.45, 2.75) is 83.3 Å². The lowest BCUT2D eigenvalue weighted by Crippen LogP contribution is -2.70. The van der Waals surface area contributed by atoms with Gasteiger partial charge in [0, 0.05) is 69.9 Å². The van der Waals surface area contributed by atoms with E-state index in [0.717, 1.165) is 104 Å². The largest absolute Gasteiger partial charge is 0.488 e. The molecule has 2 atom stereocenters. The van der Waals surface area contributed by atoms with Gasteiger partial charge in [-0.15, -0.1) is 0 Å². The fourth-order valence-corrected chi connectivity index (χ4v) is 8.99. The minimum absolute atomic E-state index is 0.0997. The smallest absolute Gasteiger partial charge is 0.411 e. The number of carbonyl (C=O) groups is 3. The van der Waals surface area contributed by atoms with Crippen molar-refractivity contribution in [2.24, 2.45) is 0 Å².